The van der Waals surface area contributed by atoms with Gasteiger partial charge in [-0.15, -0.1) is 0 Å². The lowest BCUT2D eigenvalue weighted by molar-refractivity contribution is -0.0190. The van der Waals surface area contributed by atoms with Gasteiger partial charge in [-0.3, -0.25) is 0 Å². The quantitative estimate of drug-likeness (QED) is 0.210. The summed E-state index contributed by atoms with van der Waals surface area (Å²) in [5.74, 6) is 2.64. The van der Waals surface area contributed by atoms with Gasteiger partial charge in [0.15, 0.2) is 0 Å². The van der Waals surface area contributed by atoms with E-state index in [1.165, 1.54) is 24.8 Å². The van der Waals surface area contributed by atoms with Crippen molar-refractivity contribution < 1.29 is 14.2 Å². The van der Waals surface area contributed by atoms with Crippen LogP contribution >= 0.6 is 0 Å². The van der Waals surface area contributed by atoms with Crippen LogP contribution in [0.1, 0.15) is 68.0 Å². The summed E-state index contributed by atoms with van der Waals surface area (Å²) < 4.78 is 18.1. The van der Waals surface area contributed by atoms with E-state index in [9.17, 15) is 0 Å². The molecule has 0 aliphatic carbocycles. The van der Waals surface area contributed by atoms with Crippen molar-refractivity contribution >= 4 is 5.71 Å². The van der Waals surface area contributed by atoms with Crippen molar-refractivity contribution in [3.05, 3.63) is 102 Å². The number of hydrazone groups is 1. The predicted molar refractivity (Wildman–Crippen MR) is 144 cm³/mol. The number of hydrogen-bond acceptors (Lipinski definition) is 5. The van der Waals surface area contributed by atoms with Gasteiger partial charge in [0.25, 0.3) is 0 Å². The zero-order valence-corrected chi connectivity index (χ0v) is 20.9. The fraction of sp³-hybridized carbons (Fsp3) is 0.323. The Morgan fingerprint density at radius 2 is 1.69 bits per heavy atom. The van der Waals surface area contributed by atoms with E-state index < -0.39 is 0 Å². The zero-order chi connectivity index (χ0) is 24.7. The van der Waals surface area contributed by atoms with Gasteiger partial charge in [0.1, 0.15) is 23.9 Å². The second-order valence-electron chi connectivity index (χ2n) is 9.26. The highest BCUT2D eigenvalue weighted by atomic mass is 16.5. The molecule has 0 amide bonds. The van der Waals surface area contributed by atoms with E-state index in [4.69, 9.17) is 19.3 Å². The second-order valence-corrected chi connectivity index (χ2v) is 9.26. The number of rotatable bonds is 11. The summed E-state index contributed by atoms with van der Waals surface area (Å²) in [6.07, 6.45) is 7.07. The number of unbranched alkanes of at least 4 members (excludes halogenated alkanes) is 3. The SMILES string of the molecule is C=CCOc1ccc(C2=NN3[C@H](C2)c2ccccc2O[C@H]3c2ccc(OCCCCCC)cc2)cc1. The summed E-state index contributed by atoms with van der Waals surface area (Å²) in [7, 11) is 0. The van der Waals surface area contributed by atoms with Gasteiger partial charge in [-0.25, -0.2) is 5.01 Å². The molecular weight excluding hydrogens is 448 g/mol. The normalized spacial score (nSPS) is 18.0. The third-order valence-corrected chi connectivity index (χ3v) is 6.69. The summed E-state index contributed by atoms with van der Waals surface area (Å²) in [6, 6.07) is 24.8. The summed E-state index contributed by atoms with van der Waals surface area (Å²) in [4.78, 5) is 0. The molecule has 5 heteroatoms. The Hall–Kier alpha value is -3.73. The third-order valence-electron chi connectivity index (χ3n) is 6.69. The molecular formula is C31H34N2O3. The van der Waals surface area contributed by atoms with Crippen molar-refractivity contribution in [1.82, 2.24) is 5.01 Å². The van der Waals surface area contributed by atoms with Crippen LogP contribution in [0.25, 0.3) is 0 Å². The van der Waals surface area contributed by atoms with E-state index in [1.54, 1.807) is 6.08 Å². The molecule has 2 aliphatic heterocycles. The minimum absolute atomic E-state index is 0.126. The molecule has 0 spiro atoms. The lowest BCUT2D eigenvalue weighted by Gasteiger charge is -2.38. The van der Waals surface area contributed by atoms with Gasteiger partial charge in [-0.2, -0.15) is 5.10 Å². The van der Waals surface area contributed by atoms with Crippen molar-refractivity contribution in [2.75, 3.05) is 13.2 Å². The number of hydrogen-bond donors (Lipinski definition) is 0. The lowest BCUT2D eigenvalue weighted by atomic mass is 9.96. The molecule has 5 nitrogen and oxygen atoms in total. The molecule has 0 unspecified atom stereocenters. The first-order valence-electron chi connectivity index (χ1n) is 12.9. The Balaban J connectivity index is 1.35. The van der Waals surface area contributed by atoms with Crippen molar-refractivity contribution in [1.29, 1.82) is 0 Å². The Bertz CT molecular complexity index is 1190. The highest BCUT2D eigenvalue weighted by molar-refractivity contribution is 6.02. The molecule has 36 heavy (non-hydrogen) atoms. The first-order chi connectivity index (χ1) is 17.8. The molecule has 5 rings (SSSR count). The van der Waals surface area contributed by atoms with Gasteiger partial charge in [-0.1, -0.05) is 57.0 Å². The van der Waals surface area contributed by atoms with E-state index in [-0.39, 0.29) is 12.3 Å². The summed E-state index contributed by atoms with van der Waals surface area (Å²) in [6.45, 7) is 7.18. The fourth-order valence-corrected chi connectivity index (χ4v) is 4.77. The number of para-hydroxylation sites is 1. The zero-order valence-electron chi connectivity index (χ0n) is 20.9. The maximum absolute atomic E-state index is 6.49. The second kappa shape index (κ2) is 11.3. The van der Waals surface area contributed by atoms with Crippen LogP contribution in [-0.4, -0.2) is 23.9 Å². The molecule has 186 valence electrons. The summed E-state index contributed by atoms with van der Waals surface area (Å²) in [5, 5.41) is 7.18. The standard InChI is InChI=1S/C31H34N2O3/c1-3-5-6-9-21-35-26-18-14-24(15-19-26)31-33-29(27-10-7-8-11-30(27)36-31)22-28(32-33)23-12-16-25(17-13-23)34-20-4-2/h4,7-8,10-19,29,31H,2-3,5-6,9,20-22H2,1H3/t29-,31+/m1/s1. The van der Waals surface area contributed by atoms with Crippen LogP contribution < -0.4 is 14.2 Å². The van der Waals surface area contributed by atoms with Gasteiger partial charge in [0, 0.05) is 17.5 Å². The maximum atomic E-state index is 6.49. The summed E-state index contributed by atoms with van der Waals surface area (Å²) >= 11 is 0. The van der Waals surface area contributed by atoms with Crippen LogP contribution in [0.3, 0.4) is 0 Å². The molecule has 0 aromatic heterocycles. The van der Waals surface area contributed by atoms with E-state index in [0.717, 1.165) is 53.5 Å². The van der Waals surface area contributed by atoms with Crippen LogP contribution in [0.4, 0.5) is 0 Å². The Morgan fingerprint density at radius 1 is 0.944 bits per heavy atom. The van der Waals surface area contributed by atoms with Crippen molar-refractivity contribution in [3.8, 4) is 17.2 Å². The number of fused-ring (bicyclic) bond motifs is 3. The lowest BCUT2D eigenvalue weighted by Crippen LogP contribution is -2.33. The number of ether oxygens (including phenoxy) is 3. The highest BCUT2D eigenvalue weighted by Gasteiger charge is 2.40. The molecule has 0 radical (unpaired) electrons. The molecule has 2 heterocycles. The van der Waals surface area contributed by atoms with E-state index in [2.05, 4.69) is 61.0 Å². The van der Waals surface area contributed by atoms with Crippen molar-refractivity contribution in [3.63, 3.8) is 0 Å². The Morgan fingerprint density at radius 3 is 2.47 bits per heavy atom. The van der Waals surface area contributed by atoms with Gasteiger partial charge in [0.2, 0.25) is 6.23 Å². The van der Waals surface area contributed by atoms with E-state index in [0.29, 0.717) is 6.61 Å². The predicted octanol–water partition coefficient (Wildman–Crippen LogP) is 7.45. The Kier molecular flexibility index (Phi) is 7.55. The van der Waals surface area contributed by atoms with E-state index >= 15 is 0 Å². The van der Waals surface area contributed by atoms with Crippen LogP contribution in [0.15, 0.2) is 90.6 Å². The van der Waals surface area contributed by atoms with Crippen LogP contribution in [0.5, 0.6) is 17.2 Å². The smallest absolute Gasteiger partial charge is 0.213 e. The van der Waals surface area contributed by atoms with Crippen molar-refractivity contribution in [2.45, 2.75) is 51.3 Å². The largest absolute Gasteiger partial charge is 0.494 e. The van der Waals surface area contributed by atoms with Crippen LogP contribution in [0.2, 0.25) is 0 Å². The van der Waals surface area contributed by atoms with E-state index in [1.807, 2.05) is 30.3 Å². The molecule has 0 saturated heterocycles. The Labute approximate surface area is 214 Å². The molecule has 0 bridgehead atoms. The van der Waals surface area contributed by atoms with Gasteiger partial charge < -0.3 is 14.2 Å². The monoisotopic (exact) mass is 482 g/mol. The third kappa shape index (κ3) is 5.25. The average molecular weight is 483 g/mol. The molecule has 3 aromatic carbocycles. The van der Waals surface area contributed by atoms with Gasteiger partial charge >= 0.3 is 0 Å². The first-order valence-corrected chi connectivity index (χ1v) is 12.9. The number of nitrogens with zero attached hydrogens (tertiary/aromatic N) is 2. The molecule has 2 aliphatic rings. The molecule has 0 saturated carbocycles. The van der Waals surface area contributed by atoms with Gasteiger partial charge in [0.05, 0.1) is 18.4 Å². The molecule has 3 aromatic rings. The van der Waals surface area contributed by atoms with Crippen LogP contribution in [-0.2, 0) is 0 Å². The number of benzene rings is 3. The minimum Gasteiger partial charge on any atom is -0.494 e. The molecule has 0 fully saturated rings. The average Bonchev–Trinajstić information content (AvgIpc) is 3.38. The molecule has 2 atom stereocenters. The van der Waals surface area contributed by atoms with Gasteiger partial charge in [-0.05, 0) is 66.6 Å². The summed E-state index contributed by atoms with van der Waals surface area (Å²) in [5.41, 5.74) is 4.38. The first kappa shape index (κ1) is 24.0. The fourth-order valence-electron chi connectivity index (χ4n) is 4.77. The van der Waals surface area contributed by atoms with Crippen LogP contribution in [0, 0.1) is 0 Å². The topological polar surface area (TPSA) is 43.3 Å². The molecule has 0 N–H and O–H groups in total. The minimum atomic E-state index is -0.295. The highest BCUT2D eigenvalue weighted by Crippen LogP contribution is 2.47. The van der Waals surface area contributed by atoms with Crippen molar-refractivity contribution in [2.24, 2.45) is 5.10 Å². The maximum Gasteiger partial charge on any atom is 0.213 e.